The third kappa shape index (κ3) is 4.00. The van der Waals surface area contributed by atoms with Gasteiger partial charge in [0.15, 0.2) is 0 Å². The molecule has 100 valence electrons. The zero-order valence-electron chi connectivity index (χ0n) is 10.6. The molecule has 5 heteroatoms. The van der Waals surface area contributed by atoms with Crippen LogP contribution in [0.5, 0.6) is 5.75 Å². The van der Waals surface area contributed by atoms with Gasteiger partial charge in [-0.25, -0.2) is 4.39 Å². The Kier molecular flexibility index (Phi) is 5.58. The predicted molar refractivity (Wildman–Crippen MR) is 66.2 cm³/mol. The summed E-state index contributed by atoms with van der Waals surface area (Å²) < 4.78 is 18.8. The van der Waals surface area contributed by atoms with Gasteiger partial charge in [-0.3, -0.25) is 4.79 Å². The van der Waals surface area contributed by atoms with Gasteiger partial charge in [0.2, 0.25) is 0 Å². The molecule has 0 amide bonds. The number of aliphatic carboxylic acids is 1. The van der Waals surface area contributed by atoms with E-state index >= 15 is 0 Å². The van der Waals surface area contributed by atoms with Gasteiger partial charge >= 0.3 is 5.97 Å². The molecule has 0 aromatic heterocycles. The lowest BCUT2D eigenvalue weighted by Crippen LogP contribution is -2.22. The Balaban J connectivity index is 2.60. The zero-order chi connectivity index (χ0) is 13.5. The molecule has 1 aromatic carbocycles. The fraction of sp³-hybridized carbons (Fsp3) is 0.462. The smallest absolute Gasteiger partial charge is 0.303 e. The summed E-state index contributed by atoms with van der Waals surface area (Å²) in [7, 11) is 1.50. The van der Waals surface area contributed by atoms with Crippen molar-refractivity contribution < 1.29 is 19.0 Å². The van der Waals surface area contributed by atoms with Gasteiger partial charge in [-0.2, -0.15) is 0 Å². The van der Waals surface area contributed by atoms with Crippen molar-refractivity contribution in [1.82, 2.24) is 5.32 Å². The molecule has 0 spiro atoms. The molecule has 0 aliphatic heterocycles. The van der Waals surface area contributed by atoms with Gasteiger partial charge in [-0.1, -0.05) is 6.07 Å². The van der Waals surface area contributed by atoms with Gasteiger partial charge in [-0.15, -0.1) is 0 Å². The van der Waals surface area contributed by atoms with Crippen molar-refractivity contribution in [2.75, 3.05) is 13.7 Å². The number of hydrogen-bond acceptors (Lipinski definition) is 3. The number of methoxy groups -OCH3 is 1. The summed E-state index contributed by atoms with van der Waals surface area (Å²) in [5.74, 6) is -0.659. The first-order valence-corrected chi connectivity index (χ1v) is 5.83. The van der Waals surface area contributed by atoms with Crippen LogP contribution in [-0.4, -0.2) is 24.7 Å². The molecule has 0 radical (unpaired) electrons. The fourth-order valence-corrected chi connectivity index (χ4v) is 1.78. The molecular weight excluding hydrogens is 237 g/mol. The zero-order valence-corrected chi connectivity index (χ0v) is 10.6. The molecule has 0 saturated carbocycles. The van der Waals surface area contributed by atoms with E-state index in [9.17, 15) is 9.18 Å². The van der Waals surface area contributed by atoms with Gasteiger partial charge in [0.05, 0.1) is 7.11 Å². The summed E-state index contributed by atoms with van der Waals surface area (Å²) in [5, 5.41) is 11.6. The predicted octanol–water partition coefficient (Wildman–Crippen LogP) is 2.35. The summed E-state index contributed by atoms with van der Waals surface area (Å²) in [6, 6.07) is 4.45. The molecule has 1 unspecified atom stereocenters. The number of carboxylic acids is 1. The normalized spacial score (nSPS) is 12.2. The summed E-state index contributed by atoms with van der Waals surface area (Å²) in [6.45, 7) is 2.34. The lowest BCUT2D eigenvalue weighted by atomic mass is 10.1. The molecule has 2 N–H and O–H groups in total. The standard InChI is InChI=1S/C13H18FNO3/c1-9(15-8-4-7-12(16)17)13-10(14)5-3-6-11(13)18-2/h3,5-6,9,15H,4,7-8H2,1-2H3,(H,16,17). The van der Waals surface area contributed by atoms with Crippen LogP contribution in [0.25, 0.3) is 0 Å². The summed E-state index contributed by atoms with van der Waals surface area (Å²) in [5.41, 5.74) is 0.468. The van der Waals surface area contributed by atoms with Crippen LogP contribution in [0.1, 0.15) is 31.4 Å². The minimum Gasteiger partial charge on any atom is -0.496 e. The van der Waals surface area contributed by atoms with Crippen molar-refractivity contribution in [3.63, 3.8) is 0 Å². The molecule has 18 heavy (non-hydrogen) atoms. The monoisotopic (exact) mass is 255 g/mol. The number of rotatable bonds is 7. The van der Waals surface area contributed by atoms with Gasteiger partial charge < -0.3 is 15.2 Å². The van der Waals surface area contributed by atoms with Gasteiger partial charge in [-0.05, 0) is 32.0 Å². The summed E-state index contributed by atoms with van der Waals surface area (Å²) in [4.78, 5) is 10.4. The first-order chi connectivity index (χ1) is 8.56. The Morgan fingerprint density at radius 1 is 1.56 bits per heavy atom. The third-order valence-electron chi connectivity index (χ3n) is 2.68. The molecule has 0 bridgehead atoms. The van der Waals surface area contributed by atoms with Crippen LogP contribution in [0, 0.1) is 5.82 Å². The number of benzene rings is 1. The molecule has 1 rings (SSSR count). The van der Waals surface area contributed by atoms with E-state index in [4.69, 9.17) is 9.84 Å². The quantitative estimate of drug-likeness (QED) is 0.734. The van der Waals surface area contributed by atoms with Crippen molar-refractivity contribution in [2.24, 2.45) is 0 Å². The Labute approximate surface area is 106 Å². The van der Waals surface area contributed by atoms with E-state index in [1.165, 1.54) is 13.2 Å². The lowest BCUT2D eigenvalue weighted by molar-refractivity contribution is -0.137. The van der Waals surface area contributed by atoms with Crippen LogP contribution in [0.15, 0.2) is 18.2 Å². The van der Waals surface area contributed by atoms with Crippen LogP contribution in [0.4, 0.5) is 4.39 Å². The maximum absolute atomic E-state index is 13.7. The van der Waals surface area contributed by atoms with E-state index in [0.717, 1.165) is 0 Å². The molecule has 0 saturated heterocycles. The van der Waals surface area contributed by atoms with E-state index in [2.05, 4.69) is 5.32 Å². The van der Waals surface area contributed by atoms with Crippen LogP contribution < -0.4 is 10.1 Å². The molecule has 0 aliphatic carbocycles. The fourth-order valence-electron chi connectivity index (χ4n) is 1.78. The second kappa shape index (κ2) is 6.96. The van der Waals surface area contributed by atoms with Gasteiger partial charge in [0, 0.05) is 18.0 Å². The molecule has 1 aromatic rings. The van der Waals surface area contributed by atoms with Crippen LogP contribution in [0.2, 0.25) is 0 Å². The number of carbonyl (C=O) groups is 1. The highest BCUT2D eigenvalue weighted by atomic mass is 19.1. The Morgan fingerprint density at radius 2 is 2.28 bits per heavy atom. The Hall–Kier alpha value is -1.62. The third-order valence-corrected chi connectivity index (χ3v) is 2.68. The van der Waals surface area contributed by atoms with Gasteiger partial charge in [0.25, 0.3) is 0 Å². The van der Waals surface area contributed by atoms with E-state index in [1.54, 1.807) is 12.1 Å². The minimum atomic E-state index is -0.826. The van der Waals surface area contributed by atoms with Crippen molar-refractivity contribution in [2.45, 2.75) is 25.8 Å². The van der Waals surface area contributed by atoms with Crippen LogP contribution in [0.3, 0.4) is 0 Å². The molecule has 4 nitrogen and oxygen atoms in total. The Morgan fingerprint density at radius 3 is 2.89 bits per heavy atom. The van der Waals surface area contributed by atoms with Crippen molar-refractivity contribution in [3.05, 3.63) is 29.6 Å². The topological polar surface area (TPSA) is 58.6 Å². The average molecular weight is 255 g/mol. The largest absolute Gasteiger partial charge is 0.496 e. The second-order valence-electron chi connectivity index (χ2n) is 4.03. The summed E-state index contributed by atoms with van der Waals surface area (Å²) >= 11 is 0. The molecule has 0 heterocycles. The van der Waals surface area contributed by atoms with Crippen LogP contribution >= 0.6 is 0 Å². The van der Waals surface area contributed by atoms with E-state index < -0.39 is 5.97 Å². The highest BCUT2D eigenvalue weighted by molar-refractivity contribution is 5.66. The van der Waals surface area contributed by atoms with Crippen molar-refractivity contribution >= 4 is 5.97 Å². The molecule has 0 aliphatic rings. The van der Waals surface area contributed by atoms with Crippen LogP contribution in [-0.2, 0) is 4.79 Å². The average Bonchev–Trinajstić information content (AvgIpc) is 2.33. The van der Waals surface area contributed by atoms with E-state index in [1.807, 2.05) is 6.92 Å². The maximum atomic E-state index is 13.7. The summed E-state index contributed by atoms with van der Waals surface area (Å²) in [6.07, 6.45) is 0.616. The lowest BCUT2D eigenvalue weighted by Gasteiger charge is -2.17. The number of halogens is 1. The SMILES string of the molecule is COc1cccc(F)c1C(C)NCCCC(=O)O. The number of hydrogen-bond donors (Lipinski definition) is 2. The number of ether oxygens (including phenoxy) is 1. The number of carboxylic acid groups (broad SMARTS) is 1. The Bertz CT molecular complexity index is 409. The number of nitrogens with one attached hydrogen (secondary N) is 1. The second-order valence-corrected chi connectivity index (χ2v) is 4.03. The van der Waals surface area contributed by atoms with E-state index in [-0.39, 0.29) is 18.3 Å². The highest BCUT2D eigenvalue weighted by Crippen LogP contribution is 2.27. The molecule has 1 atom stereocenters. The highest BCUT2D eigenvalue weighted by Gasteiger charge is 2.15. The van der Waals surface area contributed by atoms with Crippen molar-refractivity contribution in [3.8, 4) is 5.75 Å². The van der Waals surface area contributed by atoms with Crippen molar-refractivity contribution in [1.29, 1.82) is 0 Å². The first kappa shape index (κ1) is 14.4. The van der Waals surface area contributed by atoms with E-state index in [0.29, 0.717) is 24.3 Å². The molecular formula is C13H18FNO3. The maximum Gasteiger partial charge on any atom is 0.303 e. The molecule has 0 fully saturated rings. The van der Waals surface area contributed by atoms with Gasteiger partial charge in [0.1, 0.15) is 11.6 Å². The minimum absolute atomic E-state index is 0.105. The first-order valence-electron chi connectivity index (χ1n) is 5.83.